The summed E-state index contributed by atoms with van der Waals surface area (Å²) in [7, 11) is -0.391. The summed E-state index contributed by atoms with van der Waals surface area (Å²) in [6.07, 6.45) is -0.503. The second-order valence-electron chi connectivity index (χ2n) is 7.05. The number of rotatable bonds is 2. The van der Waals surface area contributed by atoms with Crippen LogP contribution in [0.1, 0.15) is 46.3 Å². The summed E-state index contributed by atoms with van der Waals surface area (Å²) in [5.74, 6) is 0. The smallest absolute Gasteiger partial charge is 0.399 e. The van der Waals surface area contributed by atoms with Crippen molar-refractivity contribution in [3.63, 3.8) is 0 Å². The third-order valence-electron chi connectivity index (χ3n) is 4.95. The van der Waals surface area contributed by atoms with Crippen LogP contribution in [0, 0.1) is 0 Å². The topological polar surface area (TPSA) is 38.7 Å². The fraction of sp³-hybridized carbons (Fsp3) is 0.444. The highest BCUT2D eigenvalue weighted by atomic mass is 16.7. The van der Waals surface area contributed by atoms with Crippen molar-refractivity contribution < 1.29 is 14.4 Å². The lowest BCUT2D eigenvalue weighted by atomic mass is 9.75. The van der Waals surface area contributed by atoms with Gasteiger partial charge >= 0.3 is 7.12 Å². The number of fused-ring (bicyclic) bond motifs is 1. The fourth-order valence-electron chi connectivity index (χ4n) is 2.90. The van der Waals surface area contributed by atoms with Crippen molar-refractivity contribution in [2.75, 3.05) is 0 Å². The first kappa shape index (κ1) is 15.5. The SMILES string of the molecule is CC(O)c1cccc2c(B3OC(C)(C)C(C)(C)O3)cccc12. The summed E-state index contributed by atoms with van der Waals surface area (Å²) in [6, 6.07) is 12.1. The Kier molecular flexibility index (Phi) is 3.59. The van der Waals surface area contributed by atoms with Crippen LogP contribution in [0.4, 0.5) is 0 Å². The van der Waals surface area contributed by atoms with Gasteiger partial charge in [-0.05, 0) is 56.4 Å². The molecule has 0 saturated carbocycles. The van der Waals surface area contributed by atoms with E-state index in [0.717, 1.165) is 21.8 Å². The molecule has 2 aromatic carbocycles. The van der Waals surface area contributed by atoms with Gasteiger partial charge in [-0.15, -0.1) is 0 Å². The molecule has 0 aromatic heterocycles. The van der Waals surface area contributed by atoms with E-state index < -0.39 is 13.2 Å². The molecular formula is C18H23BO3. The molecule has 1 aliphatic heterocycles. The van der Waals surface area contributed by atoms with Crippen LogP contribution in [0.5, 0.6) is 0 Å². The molecule has 22 heavy (non-hydrogen) atoms. The first-order chi connectivity index (χ1) is 10.2. The molecule has 0 bridgehead atoms. The molecule has 4 heteroatoms. The average Bonchev–Trinajstić information content (AvgIpc) is 2.65. The van der Waals surface area contributed by atoms with Crippen LogP contribution in [0.25, 0.3) is 10.8 Å². The molecule has 3 nitrogen and oxygen atoms in total. The highest BCUT2D eigenvalue weighted by molar-refractivity contribution is 6.65. The maximum absolute atomic E-state index is 9.98. The van der Waals surface area contributed by atoms with E-state index in [2.05, 4.69) is 33.8 Å². The highest BCUT2D eigenvalue weighted by Crippen LogP contribution is 2.37. The summed E-state index contributed by atoms with van der Waals surface area (Å²) < 4.78 is 12.3. The zero-order valence-electron chi connectivity index (χ0n) is 13.9. The summed E-state index contributed by atoms with van der Waals surface area (Å²) in [5, 5.41) is 12.1. The third kappa shape index (κ3) is 2.36. The monoisotopic (exact) mass is 298 g/mol. The van der Waals surface area contributed by atoms with Gasteiger partial charge in [0.05, 0.1) is 17.3 Å². The molecule has 1 aliphatic rings. The summed E-state index contributed by atoms with van der Waals surface area (Å²) in [5.41, 5.74) is 1.22. The van der Waals surface area contributed by atoms with Crippen molar-refractivity contribution in [2.45, 2.75) is 51.9 Å². The molecule has 3 rings (SSSR count). The number of aliphatic hydroxyl groups is 1. The molecule has 0 spiro atoms. The molecule has 1 heterocycles. The Balaban J connectivity index is 2.12. The van der Waals surface area contributed by atoms with Crippen molar-refractivity contribution in [3.05, 3.63) is 42.0 Å². The van der Waals surface area contributed by atoms with Crippen molar-refractivity contribution in [3.8, 4) is 0 Å². The van der Waals surface area contributed by atoms with Gasteiger partial charge in [-0.3, -0.25) is 0 Å². The summed E-state index contributed by atoms with van der Waals surface area (Å²) in [4.78, 5) is 0. The number of hydrogen-bond acceptors (Lipinski definition) is 3. The molecule has 116 valence electrons. The summed E-state index contributed by atoms with van der Waals surface area (Å²) in [6.45, 7) is 10.0. The van der Waals surface area contributed by atoms with E-state index in [1.165, 1.54) is 0 Å². The van der Waals surface area contributed by atoms with Crippen molar-refractivity contribution in [1.82, 2.24) is 0 Å². The van der Waals surface area contributed by atoms with E-state index >= 15 is 0 Å². The Bertz CT molecular complexity index is 691. The molecule has 0 aliphatic carbocycles. The minimum Gasteiger partial charge on any atom is -0.399 e. The van der Waals surface area contributed by atoms with Crippen LogP contribution in [0.15, 0.2) is 36.4 Å². The van der Waals surface area contributed by atoms with Crippen molar-refractivity contribution >= 4 is 23.4 Å². The Morgan fingerprint density at radius 3 is 2.05 bits per heavy atom. The molecule has 2 aromatic rings. The minimum absolute atomic E-state index is 0.359. The first-order valence-electron chi connectivity index (χ1n) is 7.78. The maximum atomic E-state index is 9.98. The van der Waals surface area contributed by atoms with Gasteiger partial charge in [0.1, 0.15) is 0 Å². The second kappa shape index (κ2) is 5.09. The van der Waals surface area contributed by atoms with Gasteiger partial charge in [0.15, 0.2) is 0 Å². The van der Waals surface area contributed by atoms with Crippen LogP contribution >= 0.6 is 0 Å². The number of hydrogen-bond donors (Lipinski definition) is 1. The minimum atomic E-state index is -0.503. The van der Waals surface area contributed by atoms with E-state index in [1.54, 1.807) is 6.92 Å². The molecule has 0 amide bonds. The van der Waals surface area contributed by atoms with Gasteiger partial charge < -0.3 is 14.4 Å². The molecule has 1 atom stereocenters. The average molecular weight is 298 g/mol. The fourth-order valence-corrected chi connectivity index (χ4v) is 2.90. The Morgan fingerprint density at radius 2 is 1.45 bits per heavy atom. The lowest BCUT2D eigenvalue weighted by Gasteiger charge is -2.32. The Morgan fingerprint density at radius 1 is 0.909 bits per heavy atom. The molecule has 1 fully saturated rings. The Hall–Kier alpha value is -1.36. The van der Waals surface area contributed by atoms with Crippen LogP contribution in [-0.4, -0.2) is 23.4 Å². The largest absolute Gasteiger partial charge is 0.495 e. The lowest BCUT2D eigenvalue weighted by Crippen LogP contribution is -2.41. The van der Waals surface area contributed by atoms with Gasteiger partial charge in [0, 0.05) is 0 Å². The number of benzene rings is 2. The van der Waals surface area contributed by atoms with E-state index in [0.29, 0.717) is 0 Å². The predicted molar refractivity (Wildman–Crippen MR) is 90.3 cm³/mol. The van der Waals surface area contributed by atoms with Gasteiger partial charge in [0.2, 0.25) is 0 Å². The molecular weight excluding hydrogens is 275 g/mol. The van der Waals surface area contributed by atoms with E-state index in [9.17, 15) is 5.11 Å². The lowest BCUT2D eigenvalue weighted by molar-refractivity contribution is 0.00578. The quantitative estimate of drug-likeness (QED) is 0.865. The van der Waals surface area contributed by atoms with Gasteiger partial charge in [-0.25, -0.2) is 0 Å². The zero-order valence-corrected chi connectivity index (χ0v) is 13.9. The highest BCUT2D eigenvalue weighted by Gasteiger charge is 2.52. The second-order valence-corrected chi connectivity index (χ2v) is 7.05. The van der Waals surface area contributed by atoms with Gasteiger partial charge in [-0.1, -0.05) is 36.4 Å². The van der Waals surface area contributed by atoms with Crippen molar-refractivity contribution in [1.29, 1.82) is 0 Å². The van der Waals surface area contributed by atoms with Crippen LogP contribution < -0.4 is 5.46 Å². The standard InChI is InChI=1S/C18H23BO3/c1-12(20)13-8-6-10-15-14(13)9-7-11-16(15)19-21-17(2,3)18(4,5)22-19/h6-12,20H,1-5H3. The van der Waals surface area contributed by atoms with Gasteiger partial charge in [-0.2, -0.15) is 0 Å². The maximum Gasteiger partial charge on any atom is 0.495 e. The molecule has 1 saturated heterocycles. The van der Waals surface area contributed by atoms with Crippen LogP contribution in [-0.2, 0) is 9.31 Å². The van der Waals surface area contributed by atoms with E-state index in [1.807, 2.05) is 30.3 Å². The molecule has 0 radical (unpaired) electrons. The van der Waals surface area contributed by atoms with Crippen LogP contribution in [0.3, 0.4) is 0 Å². The Labute approximate surface area is 132 Å². The predicted octanol–water partition coefficient (Wildman–Crippen LogP) is 3.19. The summed E-state index contributed by atoms with van der Waals surface area (Å²) >= 11 is 0. The molecule has 1 unspecified atom stereocenters. The van der Waals surface area contributed by atoms with E-state index in [-0.39, 0.29) is 11.2 Å². The normalized spacial score (nSPS) is 21.3. The molecule has 1 N–H and O–H groups in total. The van der Waals surface area contributed by atoms with Crippen LogP contribution in [0.2, 0.25) is 0 Å². The van der Waals surface area contributed by atoms with E-state index in [4.69, 9.17) is 9.31 Å². The van der Waals surface area contributed by atoms with Gasteiger partial charge in [0.25, 0.3) is 0 Å². The van der Waals surface area contributed by atoms with Crippen molar-refractivity contribution in [2.24, 2.45) is 0 Å². The zero-order chi connectivity index (χ0) is 16.1. The number of aliphatic hydroxyl groups excluding tert-OH is 1. The first-order valence-corrected chi connectivity index (χ1v) is 7.78. The third-order valence-corrected chi connectivity index (χ3v) is 4.95.